The highest BCUT2D eigenvalue weighted by atomic mass is 32.2. The van der Waals surface area contributed by atoms with Crippen LogP contribution in [0.2, 0.25) is 0 Å². The fourth-order valence-electron chi connectivity index (χ4n) is 3.73. The van der Waals surface area contributed by atoms with Crippen LogP contribution in [0.3, 0.4) is 0 Å². The molecular weight excluding hydrogens is 470 g/mol. The first-order valence-electron chi connectivity index (χ1n) is 11.5. The standard InChI is InChI=1S/C25H31N3O6S/c1-18-10-12-20(13-11-18)35(32,33)27-22(25(31)34-24(30)21-9-6-16-26-21)14-15-23(29)28(2)17-19-7-4-3-5-8-19/h3-5,7-8,10-13,21-22,26-27H,6,9,14-17H2,1-2H3/t21-,22-/m0/s1. The molecule has 1 aliphatic rings. The summed E-state index contributed by atoms with van der Waals surface area (Å²) in [6.07, 6.45) is 1.04. The molecule has 2 N–H and O–H groups in total. The highest BCUT2D eigenvalue weighted by molar-refractivity contribution is 7.89. The Kier molecular flexibility index (Phi) is 9.13. The maximum absolute atomic E-state index is 12.9. The van der Waals surface area contributed by atoms with E-state index in [1.807, 2.05) is 37.3 Å². The minimum absolute atomic E-state index is 0.0304. The minimum Gasteiger partial charge on any atom is -0.391 e. The van der Waals surface area contributed by atoms with Crippen LogP contribution in [0.4, 0.5) is 0 Å². The van der Waals surface area contributed by atoms with Gasteiger partial charge in [-0.15, -0.1) is 0 Å². The van der Waals surface area contributed by atoms with Crippen molar-refractivity contribution in [3.05, 3.63) is 65.7 Å². The second kappa shape index (κ2) is 12.1. The number of aryl methyl sites for hydroxylation is 1. The summed E-state index contributed by atoms with van der Waals surface area (Å²) in [5.41, 5.74) is 1.82. The van der Waals surface area contributed by atoms with Gasteiger partial charge < -0.3 is 15.0 Å². The Labute approximate surface area is 205 Å². The molecule has 1 heterocycles. The maximum Gasteiger partial charge on any atom is 0.331 e. The third-order valence-electron chi connectivity index (χ3n) is 5.79. The number of esters is 2. The molecule has 3 rings (SSSR count). The average molecular weight is 502 g/mol. The molecule has 1 amide bonds. The predicted octanol–water partition coefficient (Wildman–Crippen LogP) is 1.90. The topological polar surface area (TPSA) is 122 Å². The number of amides is 1. The van der Waals surface area contributed by atoms with Gasteiger partial charge in [-0.25, -0.2) is 18.0 Å². The number of sulfonamides is 1. The number of carbonyl (C=O) groups excluding carboxylic acids is 3. The first-order chi connectivity index (χ1) is 16.7. The number of nitrogens with one attached hydrogen (secondary N) is 2. The van der Waals surface area contributed by atoms with Crippen LogP contribution in [0.25, 0.3) is 0 Å². The van der Waals surface area contributed by atoms with Crippen LogP contribution in [-0.2, 0) is 35.7 Å². The molecule has 0 saturated carbocycles. The van der Waals surface area contributed by atoms with Gasteiger partial charge in [0.05, 0.1) is 4.90 Å². The van der Waals surface area contributed by atoms with Crippen LogP contribution in [0, 0.1) is 6.92 Å². The molecule has 2 aromatic rings. The molecule has 0 radical (unpaired) electrons. The largest absolute Gasteiger partial charge is 0.391 e. The summed E-state index contributed by atoms with van der Waals surface area (Å²) in [5, 5.41) is 2.94. The normalized spacial score (nSPS) is 16.5. The highest BCUT2D eigenvalue weighted by Crippen LogP contribution is 2.15. The van der Waals surface area contributed by atoms with Crippen LogP contribution in [-0.4, -0.2) is 56.8 Å². The molecule has 35 heavy (non-hydrogen) atoms. The summed E-state index contributed by atoms with van der Waals surface area (Å²) < 4.78 is 33.1. The maximum atomic E-state index is 12.9. The predicted molar refractivity (Wildman–Crippen MR) is 130 cm³/mol. The Morgan fingerprint density at radius 2 is 1.80 bits per heavy atom. The highest BCUT2D eigenvalue weighted by Gasteiger charge is 2.32. The zero-order valence-corrected chi connectivity index (χ0v) is 20.7. The number of benzene rings is 2. The summed E-state index contributed by atoms with van der Waals surface area (Å²) >= 11 is 0. The van der Waals surface area contributed by atoms with E-state index >= 15 is 0 Å². The lowest BCUT2D eigenvalue weighted by atomic mass is 10.1. The molecule has 9 nitrogen and oxygen atoms in total. The Bertz CT molecular complexity index is 1130. The lowest BCUT2D eigenvalue weighted by molar-refractivity contribution is -0.162. The summed E-state index contributed by atoms with van der Waals surface area (Å²) in [4.78, 5) is 39.3. The van der Waals surface area contributed by atoms with Crippen molar-refractivity contribution in [2.45, 2.75) is 56.1 Å². The van der Waals surface area contributed by atoms with Crippen molar-refractivity contribution < 1.29 is 27.5 Å². The van der Waals surface area contributed by atoms with Gasteiger partial charge in [0.1, 0.15) is 12.1 Å². The molecule has 10 heteroatoms. The van der Waals surface area contributed by atoms with Crippen LogP contribution in [0.5, 0.6) is 0 Å². The number of rotatable bonds is 10. The smallest absolute Gasteiger partial charge is 0.331 e. The number of ether oxygens (including phenoxy) is 1. The molecule has 0 bridgehead atoms. The van der Waals surface area contributed by atoms with E-state index in [4.69, 9.17) is 4.74 Å². The van der Waals surface area contributed by atoms with Crippen LogP contribution in [0.15, 0.2) is 59.5 Å². The molecular formula is C25H31N3O6S. The average Bonchev–Trinajstić information content (AvgIpc) is 3.37. The zero-order chi connectivity index (χ0) is 25.4. The van der Waals surface area contributed by atoms with Gasteiger partial charge in [-0.3, -0.25) is 4.79 Å². The molecule has 1 fully saturated rings. The molecule has 0 unspecified atom stereocenters. The first-order valence-corrected chi connectivity index (χ1v) is 13.0. The summed E-state index contributed by atoms with van der Waals surface area (Å²) in [6.45, 7) is 2.83. The van der Waals surface area contributed by atoms with Gasteiger partial charge in [0.2, 0.25) is 15.9 Å². The molecule has 0 spiro atoms. The van der Waals surface area contributed by atoms with Crippen molar-refractivity contribution in [2.24, 2.45) is 0 Å². The Morgan fingerprint density at radius 1 is 1.11 bits per heavy atom. The number of hydrogen-bond acceptors (Lipinski definition) is 7. The quantitative estimate of drug-likeness (QED) is 0.377. The van der Waals surface area contributed by atoms with Crippen LogP contribution in [0.1, 0.15) is 36.8 Å². The third-order valence-corrected chi connectivity index (χ3v) is 7.28. The van der Waals surface area contributed by atoms with E-state index in [1.54, 1.807) is 19.2 Å². The molecule has 0 aliphatic carbocycles. The Morgan fingerprint density at radius 3 is 2.43 bits per heavy atom. The van der Waals surface area contributed by atoms with Crippen molar-refractivity contribution in [1.29, 1.82) is 0 Å². The number of carbonyl (C=O) groups is 3. The monoisotopic (exact) mass is 501 g/mol. The van der Waals surface area contributed by atoms with Gasteiger partial charge >= 0.3 is 11.9 Å². The lowest BCUT2D eigenvalue weighted by Gasteiger charge is -2.21. The second-order valence-corrected chi connectivity index (χ2v) is 10.4. The van der Waals surface area contributed by atoms with E-state index in [-0.39, 0.29) is 23.6 Å². The van der Waals surface area contributed by atoms with Crippen molar-refractivity contribution >= 4 is 27.9 Å². The summed E-state index contributed by atoms with van der Waals surface area (Å²) in [6, 6.07) is 13.5. The van der Waals surface area contributed by atoms with E-state index in [1.165, 1.54) is 17.0 Å². The van der Waals surface area contributed by atoms with Gasteiger partial charge in [0.15, 0.2) is 0 Å². The van der Waals surface area contributed by atoms with Gasteiger partial charge in [0, 0.05) is 20.0 Å². The molecule has 0 aromatic heterocycles. The third kappa shape index (κ3) is 7.71. The SMILES string of the molecule is Cc1ccc(S(=O)(=O)N[C@@H](CCC(=O)N(C)Cc2ccccc2)C(=O)OC(=O)[C@@H]2CCCN2)cc1. The van der Waals surface area contributed by atoms with Crippen molar-refractivity contribution in [3.8, 4) is 0 Å². The Hall–Kier alpha value is -3.08. The first kappa shape index (κ1) is 26.5. The molecule has 1 saturated heterocycles. The van der Waals surface area contributed by atoms with E-state index in [9.17, 15) is 22.8 Å². The van der Waals surface area contributed by atoms with Gasteiger partial charge in [-0.05, 0) is 50.4 Å². The fraction of sp³-hybridized carbons (Fsp3) is 0.400. The number of hydrogen-bond donors (Lipinski definition) is 2. The van der Waals surface area contributed by atoms with E-state index < -0.39 is 34.0 Å². The summed E-state index contributed by atoms with van der Waals surface area (Å²) in [5.74, 6) is -2.05. The number of nitrogens with zero attached hydrogens (tertiary/aromatic N) is 1. The van der Waals surface area contributed by atoms with Crippen LogP contribution < -0.4 is 10.0 Å². The van der Waals surface area contributed by atoms with Gasteiger partial charge in [-0.1, -0.05) is 48.0 Å². The molecule has 188 valence electrons. The van der Waals surface area contributed by atoms with Gasteiger partial charge in [0.25, 0.3) is 0 Å². The fourth-order valence-corrected chi connectivity index (χ4v) is 4.95. The van der Waals surface area contributed by atoms with E-state index in [0.717, 1.165) is 17.5 Å². The lowest BCUT2D eigenvalue weighted by Crippen LogP contribution is -2.45. The molecule has 2 atom stereocenters. The molecule has 1 aliphatic heterocycles. The zero-order valence-electron chi connectivity index (χ0n) is 19.9. The summed E-state index contributed by atoms with van der Waals surface area (Å²) in [7, 11) is -2.46. The van der Waals surface area contributed by atoms with E-state index in [2.05, 4.69) is 10.0 Å². The second-order valence-electron chi connectivity index (χ2n) is 8.65. The van der Waals surface area contributed by atoms with Crippen molar-refractivity contribution in [1.82, 2.24) is 14.9 Å². The van der Waals surface area contributed by atoms with E-state index in [0.29, 0.717) is 19.5 Å². The van der Waals surface area contributed by atoms with Gasteiger partial charge in [-0.2, -0.15) is 4.72 Å². The van der Waals surface area contributed by atoms with Crippen molar-refractivity contribution in [3.63, 3.8) is 0 Å². The molecule has 2 aromatic carbocycles. The minimum atomic E-state index is -4.10. The Balaban J connectivity index is 1.69. The van der Waals surface area contributed by atoms with Crippen LogP contribution >= 0.6 is 0 Å². The van der Waals surface area contributed by atoms with Crippen molar-refractivity contribution in [2.75, 3.05) is 13.6 Å².